The molecule has 0 aliphatic carbocycles. The van der Waals surface area contributed by atoms with E-state index in [0.29, 0.717) is 19.6 Å². The second kappa shape index (κ2) is 9.44. The number of fused-ring (bicyclic) bond motifs is 2. The first-order chi connectivity index (χ1) is 17.1. The Bertz CT molecular complexity index is 1020. The zero-order valence-corrected chi connectivity index (χ0v) is 24.6. The lowest BCUT2D eigenvalue weighted by Gasteiger charge is -2.45. The SMILES string of the molecule is CCCN1CC=C[C@@]2(C)S[C@]34C=CCN(C(C)(C)CC(C)(C)C)C(=O)C3N([C@H](C)CO)C(=O)[C@@H]4[C@H]2C1=O. The summed E-state index contributed by atoms with van der Waals surface area (Å²) in [6.45, 7) is 18.0. The van der Waals surface area contributed by atoms with E-state index < -0.39 is 39.0 Å². The zero-order chi connectivity index (χ0) is 27.6. The fourth-order valence-electron chi connectivity index (χ4n) is 7.48. The van der Waals surface area contributed by atoms with Crippen LogP contribution in [0.1, 0.15) is 68.2 Å². The molecule has 0 saturated carbocycles. The number of nitrogens with zero attached hydrogens (tertiary/aromatic N) is 3. The van der Waals surface area contributed by atoms with Crippen LogP contribution in [0.5, 0.6) is 0 Å². The Hall–Kier alpha value is -1.80. The predicted molar refractivity (Wildman–Crippen MR) is 148 cm³/mol. The summed E-state index contributed by atoms with van der Waals surface area (Å²) in [4.78, 5) is 48.3. The summed E-state index contributed by atoms with van der Waals surface area (Å²) >= 11 is 1.60. The molecule has 206 valence electrons. The van der Waals surface area contributed by atoms with Gasteiger partial charge in [0.1, 0.15) is 6.04 Å². The van der Waals surface area contributed by atoms with Crippen LogP contribution >= 0.6 is 11.8 Å². The minimum atomic E-state index is -0.876. The van der Waals surface area contributed by atoms with Crippen molar-refractivity contribution in [2.45, 2.75) is 95.3 Å². The van der Waals surface area contributed by atoms with E-state index in [1.54, 1.807) is 23.6 Å². The molecule has 1 N–H and O–H groups in total. The number of aliphatic hydroxyl groups is 1. The number of thioether (sulfide) groups is 1. The van der Waals surface area contributed by atoms with Crippen molar-refractivity contribution in [3.05, 3.63) is 24.3 Å². The van der Waals surface area contributed by atoms with Crippen LogP contribution in [0.4, 0.5) is 0 Å². The Morgan fingerprint density at radius 2 is 1.68 bits per heavy atom. The van der Waals surface area contributed by atoms with E-state index in [1.807, 2.05) is 35.8 Å². The van der Waals surface area contributed by atoms with Crippen LogP contribution in [0, 0.1) is 17.3 Å². The molecule has 4 aliphatic rings. The van der Waals surface area contributed by atoms with Gasteiger partial charge in [0, 0.05) is 29.9 Å². The average Bonchev–Trinajstić information content (AvgIpc) is 3.05. The van der Waals surface area contributed by atoms with Crippen LogP contribution in [-0.4, -0.2) is 90.9 Å². The summed E-state index contributed by atoms with van der Waals surface area (Å²) in [5.74, 6) is -1.53. The summed E-state index contributed by atoms with van der Waals surface area (Å²) in [5.41, 5.74) is -0.433. The van der Waals surface area contributed by atoms with E-state index in [2.05, 4.69) is 46.8 Å². The highest BCUT2D eigenvalue weighted by atomic mass is 32.2. The summed E-state index contributed by atoms with van der Waals surface area (Å²) in [7, 11) is 0. The zero-order valence-electron chi connectivity index (χ0n) is 23.8. The lowest BCUT2D eigenvalue weighted by molar-refractivity contribution is -0.149. The van der Waals surface area contributed by atoms with Gasteiger partial charge in [0.15, 0.2) is 0 Å². The van der Waals surface area contributed by atoms with Gasteiger partial charge in [-0.25, -0.2) is 0 Å². The van der Waals surface area contributed by atoms with Crippen molar-refractivity contribution < 1.29 is 19.5 Å². The van der Waals surface area contributed by atoms with Crippen LogP contribution in [-0.2, 0) is 14.4 Å². The molecule has 37 heavy (non-hydrogen) atoms. The third kappa shape index (κ3) is 4.46. The summed E-state index contributed by atoms with van der Waals surface area (Å²) in [5, 5.41) is 10.2. The van der Waals surface area contributed by atoms with Crippen molar-refractivity contribution in [2.24, 2.45) is 17.3 Å². The van der Waals surface area contributed by atoms with Crippen LogP contribution in [0.15, 0.2) is 24.3 Å². The number of hydrogen-bond acceptors (Lipinski definition) is 5. The molecule has 3 amide bonds. The first kappa shape index (κ1) is 28.2. The predicted octanol–water partition coefficient (Wildman–Crippen LogP) is 3.48. The van der Waals surface area contributed by atoms with Gasteiger partial charge in [-0.2, -0.15) is 0 Å². The third-order valence-electron chi connectivity index (χ3n) is 8.50. The van der Waals surface area contributed by atoms with Gasteiger partial charge in [0.05, 0.1) is 29.2 Å². The van der Waals surface area contributed by atoms with Gasteiger partial charge < -0.3 is 19.8 Å². The highest BCUT2D eigenvalue weighted by Crippen LogP contribution is 2.66. The summed E-state index contributed by atoms with van der Waals surface area (Å²) < 4.78 is -1.48. The monoisotopic (exact) mass is 531 g/mol. The van der Waals surface area contributed by atoms with Crippen molar-refractivity contribution in [1.82, 2.24) is 14.7 Å². The maximum atomic E-state index is 14.6. The molecule has 7 nitrogen and oxygen atoms in total. The third-order valence-corrected chi connectivity index (χ3v) is 10.3. The highest BCUT2D eigenvalue weighted by molar-refractivity contribution is 8.02. The summed E-state index contributed by atoms with van der Waals surface area (Å²) in [6, 6.07) is -1.31. The number of hydrogen-bond donors (Lipinski definition) is 1. The molecule has 0 aromatic heterocycles. The quantitative estimate of drug-likeness (QED) is 0.531. The van der Waals surface area contributed by atoms with E-state index in [1.165, 1.54) is 0 Å². The average molecular weight is 532 g/mol. The minimum Gasteiger partial charge on any atom is -0.394 e. The van der Waals surface area contributed by atoms with Gasteiger partial charge in [-0.3, -0.25) is 14.4 Å². The Morgan fingerprint density at radius 1 is 1.03 bits per heavy atom. The molecule has 0 aromatic rings. The summed E-state index contributed by atoms with van der Waals surface area (Å²) in [6.07, 6.45) is 9.88. The van der Waals surface area contributed by atoms with Crippen LogP contribution in [0.2, 0.25) is 0 Å². The van der Waals surface area contributed by atoms with Gasteiger partial charge in [-0.1, -0.05) is 52.0 Å². The molecule has 0 aromatic carbocycles. The number of aliphatic hydroxyl groups excluding tert-OH is 1. The van der Waals surface area contributed by atoms with Crippen molar-refractivity contribution in [3.63, 3.8) is 0 Å². The fourth-order valence-corrected chi connectivity index (χ4v) is 9.63. The highest BCUT2D eigenvalue weighted by Gasteiger charge is 2.74. The number of carbonyl (C=O) groups excluding carboxylic acids is 3. The Kier molecular flexibility index (Phi) is 7.20. The first-order valence-electron chi connectivity index (χ1n) is 13.7. The van der Waals surface area contributed by atoms with Crippen molar-refractivity contribution in [2.75, 3.05) is 26.2 Å². The maximum Gasteiger partial charge on any atom is 0.247 e. The number of carbonyl (C=O) groups is 3. The van der Waals surface area contributed by atoms with Gasteiger partial charge in [0.2, 0.25) is 17.7 Å². The second-order valence-electron chi connectivity index (χ2n) is 13.4. The molecule has 2 saturated heterocycles. The molecule has 2 fully saturated rings. The van der Waals surface area contributed by atoms with Gasteiger partial charge in [-0.15, -0.1) is 11.8 Å². The van der Waals surface area contributed by atoms with Crippen molar-refractivity contribution in [3.8, 4) is 0 Å². The molecular weight excluding hydrogens is 486 g/mol. The Balaban J connectivity index is 1.86. The van der Waals surface area contributed by atoms with E-state index in [0.717, 1.165) is 12.8 Å². The van der Waals surface area contributed by atoms with E-state index in [4.69, 9.17) is 0 Å². The molecule has 8 heteroatoms. The van der Waals surface area contributed by atoms with Gasteiger partial charge >= 0.3 is 0 Å². The largest absolute Gasteiger partial charge is 0.394 e. The second-order valence-corrected chi connectivity index (χ2v) is 15.2. The molecule has 6 atom stereocenters. The number of rotatable bonds is 6. The lowest BCUT2D eigenvalue weighted by Crippen LogP contribution is -2.60. The molecule has 0 radical (unpaired) electrons. The molecule has 4 rings (SSSR count). The van der Waals surface area contributed by atoms with Crippen molar-refractivity contribution >= 4 is 29.5 Å². The van der Waals surface area contributed by atoms with Gasteiger partial charge in [-0.05, 0) is 46.0 Å². The van der Waals surface area contributed by atoms with E-state index in [-0.39, 0.29) is 29.7 Å². The normalized spacial score (nSPS) is 34.9. The first-order valence-corrected chi connectivity index (χ1v) is 14.5. The number of amides is 3. The van der Waals surface area contributed by atoms with Crippen LogP contribution in [0.25, 0.3) is 0 Å². The van der Waals surface area contributed by atoms with Crippen molar-refractivity contribution in [1.29, 1.82) is 0 Å². The molecule has 4 heterocycles. The van der Waals surface area contributed by atoms with E-state index >= 15 is 0 Å². The smallest absolute Gasteiger partial charge is 0.247 e. The Labute approximate surface area is 226 Å². The van der Waals surface area contributed by atoms with E-state index in [9.17, 15) is 19.5 Å². The number of likely N-dealkylation sites (tertiary alicyclic amines) is 1. The molecule has 1 unspecified atom stereocenters. The topological polar surface area (TPSA) is 81.2 Å². The molecule has 0 bridgehead atoms. The molecular formula is C29H45N3O4S. The minimum absolute atomic E-state index is 0.00627. The maximum absolute atomic E-state index is 14.6. The fraction of sp³-hybridized carbons (Fsp3) is 0.759. The standard InChI is InChI=1S/C29H45N3O4S/c1-9-14-30-15-10-12-28(8)20(23(30)34)21-24(35)32(19(2)17-33)22-25(36)31(16-11-13-29(21,22)37-28)27(6,7)18-26(3,4)5/h10-13,19-22,33H,9,14-18H2,1-8H3/t19-,20+,21+,22?,28-,29+/m1/s1. The Morgan fingerprint density at radius 3 is 2.27 bits per heavy atom. The lowest BCUT2D eigenvalue weighted by atomic mass is 9.74. The van der Waals surface area contributed by atoms with Gasteiger partial charge in [0.25, 0.3) is 0 Å². The van der Waals surface area contributed by atoms with Crippen LogP contribution < -0.4 is 0 Å². The molecule has 4 aliphatic heterocycles. The molecule has 1 spiro atoms. The van der Waals surface area contributed by atoms with Crippen LogP contribution in [0.3, 0.4) is 0 Å².